The molecule has 3 heterocycles. The van der Waals surface area contributed by atoms with Crippen LogP contribution in [0.1, 0.15) is 48.5 Å². The third-order valence-corrected chi connectivity index (χ3v) is 6.43. The van der Waals surface area contributed by atoms with Crippen LogP contribution in [0.2, 0.25) is 0 Å². The molecule has 3 amide bonds. The van der Waals surface area contributed by atoms with Gasteiger partial charge in [-0.3, -0.25) is 4.79 Å². The standard InChI is InChI=1S/C22H31N3O3/c1-16-13-19-7-8-20(14-16)25(19)21(26)18-5-3-17(4-6-18)15-23(2)22(27)24-9-11-28-12-10-24/h3-6,16,19-20H,7-15H2,1-2H3. The fourth-order valence-electron chi connectivity index (χ4n) is 5.02. The molecule has 3 fully saturated rings. The van der Waals surface area contributed by atoms with Crippen molar-refractivity contribution in [1.29, 1.82) is 0 Å². The van der Waals surface area contributed by atoms with E-state index in [1.165, 1.54) is 0 Å². The summed E-state index contributed by atoms with van der Waals surface area (Å²) in [7, 11) is 1.82. The van der Waals surface area contributed by atoms with Crippen molar-refractivity contribution in [2.75, 3.05) is 33.4 Å². The maximum Gasteiger partial charge on any atom is 0.320 e. The molecule has 3 aliphatic heterocycles. The molecule has 0 saturated carbocycles. The number of benzene rings is 1. The molecule has 2 unspecified atom stereocenters. The molecule has 1 aromatic rings. The zero-order valence-electron chi connectivity index (χ0n) is 17.0. The van der Waals surface area contributed by atoms with E-state index in [4.69, 9.17) is 4.74 Å². The quantitative estimate of drug-likeness (QED) is 0.804. The van der Waals surface area contributed by atoms with Crippen molar-refractivity contribution in [2.45, 2.75) is 51.2 Å². The van der Waals surface area contributed by atoms with Crippen LogP contribution < -0.4 is 0 Å². The summed E-state index contributed by atoms with van der Waals surface area (Å²) in [5, 5.41) is 0. The van der Waals surface area contributed by atoms with Gasteiger partial charge in [-0.15, -0.1) is 0 Å². The van der Waals surface area contributed by atoms with Crippen LogP contribution in [0.3, 0.4) is 0 Å². The topological polar surface area (TPSA) is 53.1 Å². The first-order valence-electron chi connectivity index (χ1n) is 10.5. The lowest BCUT2D eigenvalue weighted by Gasteiger charge is -2.38. The van der Waals surface area contributed by atoms with Crippen molar-refractivity contribution < 1.29 is 14.3 Å². The highest BCUT2D eigenvalue weighted by atomic mass is 16.5. The predicted molar refractivity (Wildman–Crippen MR) is 107 cm³/mol. The van der Waals surface area contributed by atoms with E-state index >= 15 is 0 Å². The second-order valence-electron chi connectivity index (χ2n) is 8.61. The van der Waals surface area contributed by atoms with Gasteiger partial charge in [0.25, 0.3) is 5.91 Å². The molecular formula is C22H31N3O3. The van der Waals surface area contributed by atoms with Gasteiger partial charge in [0.15, 0.2) is 0 Å². The number of urea groups is 1. The van der Waals surface area contributed by atoms with Gasteiger partial charge in [-0.2, -0.15) is 0 Å². The largest absolute Gasteiger partial charge is 0.378 e. The van der Waals surface area contributed by atoms with Crippen LogP contribution in [-0.4, -0.2) is 72.1 Å². The number of carbonyl (C=O) groups is 2. The molecule has 3 saturated heterocycles. The minimum Gasteiger partial charge on any atom is -0.378 e. The summed E-state index contributed by atoms with van der Waals surface area (Å²) in [6, 6.07) is 8.65. The van der Waals surface area contributed by atoms with Crippen LogP contribution in [0, 0.1) is 5.92 Å². The molecule has 6 heteroatoms. The monoisotopic (exact) mass is 385 g/mol. The Morgan fingerprint density at radius 1 is 1.07 bits per heavy atom. The number of amides is 3. The van der Waals surface area contributed by atoms with Crippen LogP contribution in [-0.2, 0) is 11.3 Å². The molecular weight excluding hydrogens is 354 g/mol. The van der Waals surface area contributed by atoms with E-state index < -0.39 is 0 Å². The number of piperidine rings is 1. The van der Waals surface area contributed by atoms with E-state index in [1.807, 2.05) is 36.2 Å². The Kier molecular flexibility index (Phi) is 5.58. The number of nitrogens with zero attached hydrogens (tertiary/aromatic N) is 3. The van der Waals surface area contributed by atoms with E-state index in [2.05, 4.69) is 11.8 Å². The molecule has 152 valence electrons. The molecule has 0 radical (unpaired) electrons. The molecule has 2 bridgehead atoms. The Labute approximate surface area is 167 Å². The Hall–Kier alpha value is -2.08. The first-order valence-corrected chi connectivity index (χ1v) is 10.5. The zero-order chi connectivity index (χ0) is 19.7. The average Bonchev–Trinajstić information content (AvgIpc) is 2.99. The summed E-state index contributed by atoms with van der Waals surface area (Å²) in [5.74, 6) is 0.896. The third kappa shape index (κ3) is 3.88. The molecule has 3 aliphatic rings. The van der Waals surface area contributed by atoms with Crippen LogP contribution in [0.4, 0.5) is 4.79 Å². The van der Waals surface area contributed by atoms with Gasteiger partial charge in [0.1, 0.15) is 0 Å². The summed E-state index contributed by atoms with van der Waals surface area (Å²) < 4.78 is 5.31. The summed E-state index contributed by atoms with van der Waals surface area (Å²) in [6.45, 7) is 5.34. The van der Waals surface area contributed by atoms with Crippen molar-refractivity contribution in [3.8, 4) is 0 Å². The van der Waals surface area contributed by atoms with Crippen molar-refractivity contribution >= 4 is 11.9 Å². The van der Waals surface area contributed by atoms with Gasteiger partial charge in [-0.25, -0.2) is 4.79 Å². The summed E-state index contributed by atoms with van der Waals surface area (Å²) in [6.07, 6.45) is 4.56. The fourth-order valence-corrected chi connectivity index (χ4v) is 5.02. The average molecular weight is 386 g/mol. The molecule has 0 aromatic heterocycles. The summed E-state index contributed by atoms with van der Waals surface area (Å²) in [4.78, 5) is 31.3. The van der Waals surface area contributed by atoms with Gasteiger partial charge >= 0.3 is 6.03 Å². The minimum atomic E-state index is 0.0301. The van der Waals surface area contributed by atoms with Crippen LogP contribution in [0.25, 0.3) is 0 Å². The third-order valence-electron chi connectivity index (χ3n) is 6.43. The van der Waals surface area contributed by atoms with Crippen LogP contribution in [0.15, 0.2) is 24.3 Å². The van der Waals surface area contributed by atoms with Crippen LogP contribution >= 0.6 is 0 Å². The first-order chi connectivity index (χ1) is 13.5. The van der Waals surface area contributed by atoms with Gasteiger partial charge < -0.3 is 19.4 Å². The number of hydrogen-bond acceptors (Lipinski definition) is 3. The highest BCUT2D eigenvalue weighted by Crippen LogP contribution is 2.39. The lowest BCUT2D eigenvalue weighted by atomic mass is 9.92. The van der Waals surface area contributed by atoms with E-state index in [9.17, 15) is 9.59 Å². The summed E-state index contributed by atoms with van der Waals surface area (Å²) in [5.41, 5.74) is 1.80. The molecule has 0 N–H and O–H groups in total. The molecule has 2 atom stereocenters. The highest BCUT2D eigenvalue weighted by molar-refractivity contribution is 5.95. The zero-order valence-corrected chi connectivity index (χ0v) is 17.0. The normalized spacial score (nSPS) is 27.0. The first kappa shape index (κ1) is 19.2. The Morgan fingerprint density at radius 2 is 1.68 bits per heavy atom. The highest BCUT2D eigenvalue weighted by Gasteiger charge is 2.42. The second kappa shape index (κ2) is 8.11. The van der Waals surface area contributed by atoms with Gasteiger partial charge in [0.05, 0.1) is 13.2 Å². The van der Waals surface area contributed by atoms with E-state index in [-0.39, 0.29) is 11.9 Å². The molecule has 6 nitrogen and oxygen atoms in total. The number of morpholine rings is 1. The Bertz CT molecular complexity index is 700. The van der Waals surface area contributed by atoms with E-state index in [1.54, 1.807) is 4.90 Å². The lowest BCUT2D eigenvalue weighted by molar-refractivity contribution is 0.0448. The number of fused-ring (bicyclic) bond motifs is 2. The second-order valence-corrected chi connectivity index (χ2v) is 8.61. The molecule has 1 aromatic carbocycles. The van der Waals surface area contributed by atoms with E-state index in [0.29, 0.717) is 44.9 Å². The summed E-state index contributed by atoms with van der Waals surface area (Å²) >= 11 is 0. The number of carbonyl (C=O) groups excluding carboxylic acids is 2. The fraction of sp³-hybridized carbons (Fsp3) is 0.636. The van der Waals surface area contributed by atoms with Gasteiger partial charge in [-0.1, -0.05) is 19.1 Å². The number of hydrogen-bond donors (Lipinski definition) is 0. The van der Waals surface area contributed by atoms with Gasteiger partial charge in [0.2, 0.25) is 0 Å². The molecule has 0 aliphatic carbocycles. The van der Waals surface area contributed by atoms with Crippen molar-refractivity contribution in [2.24, 2.45) is 5.92 Å². The SMILES string of the molecule is CC1CC2CCC(C1)N2C(=O)c1ccc(CN(C)C(=O)N2CCOCC2)cc1. The van der Waals surface area contributed by atoms with E-state index in [0.717, 1.165) is 42.7 Å². The number of ether oxygens (including phenoxy) is 1. The van der Waals surface area contributed by atoms with Crippen LogP contribution in [0.5, 0.6) is 0 Å². The minimum absolute atomic E-state index is 0.0301. The molecule has 0 spiro atoms. The Balaban J connectivity index is 1.37. The molecule has 28 heavy (non-hydrogen) atoms. The maximum absolute atomic E-state index is 13.1. The Morgan fingerprint density at radius 3 is 2.29 bits per heavy atom. The van der Waals surface area contributed by atoms with Crippen molar-refractivity contribution in [1.82, 2.24) is 14.7 Å². The van der Waals surface area contributed by atoms with Crippen molar-refractivity contribution in [3.05, 3.63) is 35.4 Å². The smallest absolute Gasteiger partial charge is 0.320 e. The van der Waals surface area contributed by atoms with Gasteiger partial charge in [0, 0.05) is 44.3 Å². The maximum atomic E-state index is 13.1. The predicted octanol–water partition coefficient (Wildman–Crippen LogP) is 2.97. The number of rotatable bonds is 3. The molecule has 4 rings (SSSR count). The van der Waals surface area contributed by atoms with Crippen molar-refractivity contribution in [3.63, 3.8) is 0 Å². The van der Waals surface area contributed by atoms with Gasteiger partial charge in [-0.05, 0) is 49.3 Å². The lowest BCUT2D eigenvalue weighted by Crippen LogP contribution is -2.46.